The first kappa shape index (κ1) is 18.6. The first-order valence-corrected chi connectivity index (χ1v) is 8.87. The molecule has 0 atom stereocenters. The van der Waals surface area contributed by atoms with Crippen molar-refractivity contribution in [3.05, 3.63) is 53.1 Å². The Labute approximate surface area is 157 Å². The molecule has 0 radical (unpaired) electrons. The number of carbonyl (C=O) groups excluding carboxylic acids is 2. The number of anilines is 2. The highest BCUT2D eigenvalue weighted by molar-refractivity contribution is 6.03. The number of oxazole rings is 1. The molecule has 3 rings (SSSR count). The summed E-state index contributed by atoms with van der Waals surface area (Å²) >= 11 is 0. The van der Waals surface area contributed by atoms with E-state index >= 15 is 0 Å². The van der Waals surface area contributed by atoms with Gasteiger partial charge < -0.3 is 14.5 Å². The topological polar surface area (TPSA) is 81.4 Å². The maximum absolute atomic E-state index is 12.7. The summed E-state index contributed by atoms with van der Waals surface area (Å²) in [6, 6.07) is 11.7. The zero-order valence-corrected chi connectivity index (χ0v) is 15.7. The molecule has 0 fully saturated rings. The van der Waals surface area contributed by atoms with E-state index in [4.69, 9.17) is 4.42 Å². The lowest BCUT2D eigenvalue weighted by molar-refractivity contribution is -0.140. The predicted molar refractivity (Wildman–Crippen MR) is 103 cm³/mol. The molecule has 6 heteroatoms. The van der Waals surface area contributed by atoms with E-state index in [9.17, 15) is 9.59 Å². The van der Waals surface area contributed by atoms with Crippen molar-refractivity contribution < 1.29 is 18.7 Å². The van der Waals surface area contributed by atoms with E-state index in [1.54, 1.807) is 0 Å². The summed E-state index contributed by atoms with van der Waals surface area (Å²) in [4.78, 5) is 28.5. The first-order valence-electron chi connectivity index (χ1n) is 8.87. The van der Waals surface area contributed by atoms with Crippen LogP contribution in [0.5, 0.6) is 0 Å². The monoisotopic (exact) mass is 366 g/mol. The van der Waals surface area contributed by atoms with Crippen LogP contribution in [0.3, 0.4) is 0 Å². The van der Waals surface area contributed by atoms with Gasteiger partial charge in [0, 0.05) is 12.0 Å². The van der Waals surface area contributed by atoms with Crippen LogP contribution in [0.15, 0.2) is 40.8 Å². The van der Waals surface area contributed by atoms with Gasteiger partial charge in [0.25, 0.3) is 6.01 Å². The zero-order valence-electron chi connectivity index (χ0n) is 15.7. The van der Waals surface area contributed by atoms with Gasteiger partial charge >= 0.3 is 5.97 Å². The highest BCUT2D eigenvalue weighted by Gasteiger charge is 2.16. The number of ether oxygens (including phenoxy) is 1. The molecule has 0 aliphatic carbocycles. The Morgan fingerprint density at radius 3 is 2.70 bits per heavy atom. The number of aryl methyl sites for hydroxylation is 2. The van der Waals surface area contributed by atoms with Gasteiger partial charge in [-0.3, -0.25) is 9.59 Å². The van der Waals surface area contributed by atoms with Crippen molar-refractivity contribution in [2.24, 2.45) is 0 Å². The van der Waals surface area contributed by atoms with E-state index in [2.05, 4.69) is 15.0 Å². The molecular formula is C21H22N2O4. The van der Waals surface area contributed by atoms with Crippen LogP contribution in [-0.2, 0) is 16.0 Å². The van der Waals surface area contributed by atoms with Gasteiger partial charge in [-0.05, 0) is 48.7 Å². The predicted octanol–water partition coefficient (Wildman–Crippen LogP) is 4.58. The van der Waals surface area contributed by atoms with Crippen LogP contribution >= 0.6 is 0 Å². The van der Waals surface area contributed by atoms with Crippen molar-refractivity contribution in [2.75, 3.05) is 12.4 Å². The van der Waals surface area contributed by atoms with Crippen LogP contribution in [0.25, 0.3) is 11.1 Å². The summed E-state index contributed by atoms with van der Waals surface area (Å²) in [5.74, 6) is -0.538. The number of aromatic nitrogens is 1. The van der Waals surface area contributed by atoms with Crippen molar-refractivity contribution in [1.82, 2.24) is 4.98 Å². The zero-order chi connectivity index (χ0) is 19.4. The van der Waals surface area contributed by atoms with Gasteiger partial charge in [-0.2, -0.15) is 4.98 Å². The maximum atomic E-state index is 12.7. The molecule has 0 bridgehead atoms. The lowest BCUT2D eigenvalue weighted by Gasteiger charge is -2.10. The summed E-state index contributed by atoms with van der Waals surface area (Å²) in [5.41, 5.74) is 4.67. The number of benzene rings is 2. The number of nitrogens with one attached hydrogen (secondary N) is 1. The average molecular weight is 366 g/mol. The highest BCUT2D eigenvalue weighted by atomic mass is 16.5. The second kappa shape index (κ2) is 8.03. The highest BCUT2D eigenvalue weighted by Crippen LogP contribution is 2.27. The largest absolute Gasteiger partial charge is 0.469 e. The minimum atomic E-state index is -0.404. The number of esters is 1. The molecule has 1 heterocycles. The van der Waals surface area contributed by atoms with Crippen LogP contribution in [0, 0.1) is 6.92 Å². The normalized spacial score (nSPS) is 10.8. The number of ketones is 1. The average Bonchev–Trinajstić information content (AvgIpc) is 3.07. The van der Waals surface area contributed by atoms with Crippen molar-refractivity contribution in [2.45, 2.75) is 33.1 Å². The van der Waals surface area contributed by atoms with Gasteiger partial charge in [-0.25, -0.2) is 0 Å². The number of fused-ring (bicyclic) bond motifs is 1. The smallest absolute Gasteiger partial charge is 0.305 e. The molecule has 0 saturated heterocycles. The number of methoxy groups -OCH3 is 1. The van der Waals surface area contributed by atoms with E-state index in [-0.39, 0.29) is 18.6 Å². The number of Topliss-reactive ketones (excluding diaryl/α,β-unsaturated/α-hetero) is 1. The molecule has 0 aliphatic heterocycles. The summed E-state index contributed by atoms with van der Waals surface area (Å²) < 4.78 is 10.3. The molecule has 6 nitrogen and oxygen atoms in total. The Morgan fingerprint density at radius 1 is 1.15 bits per heavy atom. The lowest BCUT2D eigenvalue weighted by atomic mass is 10.0. The van der Waals surface area contributed by atoms with Gasteiger partial charge in [-0.1, -0.05) is 19.1 Å². The molecule has 2 aromatic carbocycles. The third-order valence-corrected chi connectivity index (χ3v) is 4.36. The first-order chi connectivity index (χ1) is 13.0. The molecule has 27 heavy (non-hydrogen) atoms. The van der Waals surface area contributed by atoms with Crippen molar-refractivity contribution in [3.8, 4) is 0 Å². The number of carbonyl (C=O) groups is 2. The number of rotatable bonds is 7. The minimum absolute atomic E-state index is 0.0489. The lowest BCUT2D eigenvalue weighted by Crippen LogP contribution is -2.09. The Morgan fingerprint density at radius 2 is 1.96 bits per heavy atom. The van der Waals surface area contributed by atoms with E-state index in [0.717, 1.165) is 23.1 Å². The van der Waals surface area contributed by atoms with Gasteiger partial charge in [0.2, 0.25) is 0 Å². The molecule has 140 valence electrons. The van der Waals surface area contributed by atoms with Gasteiger partial charge in [0.1, 0.15) is 5.52 Å². The second-order valence-electron chi connectivity index (χ2n) is 6.35. The third kappa shape index (κ3) is 4.34. The fraction of sp³-hybridized carbons (Fsp3) is 0.286. The Bertz CT molecular complexity index is 991. The Hall–Kier alpha value is -3.15. The number of hydrogen-bond acceptors (Lipinski definition) is 6. The van der Waals surface area contributed by atoms with Gasteiger partial charge in [0.05, 0.1) is 19.2 Å². The molecule has 0 saturated carbocycles. The molecule has 1 aromatic heterocycles. The van der Waals surface area contributed by atoms with E-state index < -0.39 is 5.97 Å². The molecule has 3 aromatic rings. The van der Waals surface area contributed by atoms with Crippen LogP contribution in [-0.4, -0.2) is 23.8 Å². The molecule has 0 spiro atoms. The summed E-state index contributed by atoms with van der Waals surface area (Å²) in [7, 11) is 1.31. The van der Waals surface area contributed by atoms with Crippen LogP contribution in [0.2, 0.25) is 0 Å². The SMILES string of the molecule is CCc1ccc(Nc2nc3cc(C)ccc3o2)c(C(=O)CCC(=O)OC)c1. The standard InChI is InChI=1S/C21H22N2O4/c1-4-14-6-7-16(15(12-14)18(24)8-10-20(25)26-3)22-21-23-17-11-13(2)5-9-19(17)27-21/h5-7,9,11-12H,4,8,10H2,1-3H3,(H,22,23). The summed E-state index contributed by atoms with van der Waals surface area (Å²) in [6.07, 6.45) is 0.939. The van der Waals surface area contributed by atoms with Crippen LogP contribution in [0.1, 0.15) is 41.3 Å². The van der Waals surface area contributed by atoms with Gasteiger partial charge in [0.15, 0.2) is 11.4 Å². The molecule has 0 amide bonds. The summed E-state index contributed by atoms with van der Waals surface area (Å²) in [6.45, 7) is 4.01. The van der Waals surface area contributed by atoms with Gasteiger partial charge in [-0.15, -0.1) is 0 Å². The minimum Gasteiger partial charge on any atom is -0.469 e. The maximum Gasteiger partial charge on any atom is 0.305 e. The second-order valence-corrected chi connectivity index (χ2v) is 6.35. The number of nitrogens with zero attached hydrogens (tertiary/aromatic N) is 1. The van der Waals surface area contributed by atoms with Crippen LogP contribution < -0.4 is 5.32 Å². The van der Waals surface area contributed by atoms with Crippen molar-refractivity contribution in [1.29, 1.82) is 0 Å². The molecule has 0 unspecified atom stereocenters. The quantitative estimate of drug-likeness (QED) is 0.487. The molecule has 1 N–H and O–H groups in total. The van der Waals surface area contributed by atoms with Crippen LogP contribution in [0.4, 0.5) is 11.7 Å². The van der Waals surface area contributed by atoms with E-state index in [0.29, 0.717) is 22.8 Å². The van der Waals surface area contributed by atoms with Crippen molar-refractivity contribution >= 4 is 34.6 Å². The van der Waals surface area contributed by atoms with E-state index in [1.807, 2.05) is 50.2 Å². The Kier molecular flexibility index (Phi) is 5.54. The summed E-state index contributed by atoms with van der Waals surface area (Å²) in [5, 5.41) is 3.10. The fourth-order valence-electron chi connectivity index (χ4n) is 2.81. The fourth-order valence-corrected chi connectivity index (χ4v) is 2.81. The number of hydrogen-bond donors (Lipinski definition) is 1. The molecule has 0 aliphatic rings. The van der Waals surface area contributed by atoms with E-state index in [1.165, 1.54) is 7.11 Å². The Balaban J connectivity index is 1.88. The third-order valence-electron chi connectivity index (χ3n) is 4.36. The molecular weight excluding hydrogens is 344 g/mol. The van der Waals surface area contributed by atoms with Crippen molar-refractivity contribution in [3.63, 3.8) is 0 Å².